The Hall–Kier alpha value is -2.99. The number of nitrogens with one attached hydrogen (secondary N) is 2. The van der Waals surface area contributed by atoms with Crippen molar-refractivity contribution < 1.29 is 9.69 Å². The van der Waals surface area contributed by atoms with Crippen molar-refractivity contribution >= 4 is 16.7 Å². The quantitative estimate of drug-likeness (QED) is 0.722. The molecule has 2 N–H and O–H groups in total. The van der Waals surface area contributed by atoms with Crippen molar-refractivity contribution in [3.63, 3.8) is 0 Å². The van der Waals surface area contributed by atoms with Gasteiger partial charge < -0.3 is 9.80 Å². The second-order valence-electron chi connectivity index (χ2n) is 7.15. The maximum absolute atomic E-state index is 13.0. The molecule has 1 fully saturated rings. The van der Waals surface area contributed by atoms with Gasteiger partial charge >= 0.3 is 0 Å². The molecule has 0 radical (unpaired) electrons. The van der Waals surface area contributed by atoms with Crippen molar-refractivity contribution in [1.82, 2.24) is 15.1 Å². The van der Waals surface area contributed by atoms with Crippen LogP contribution in [0.5, 0.6) is 0 Å². The minimum absolute atomic E-state index is 0.114. The summed E-state index contributed by atoms with van der Waals surface area (Å²) in [4.78, 5) is 28.2. The van der Waals surface area contributed by atoms with E-state index in [1.54, 1.807) is 18.2 Å². The van der Waals surface area contributed by atoms with Gasteiger partial charge in [0.1, 0.15) is 6.54 Å². The lowest BCUT2D eigenvalue weighted by atomic mass is 10.1. The largest absolute Gasteiger partial charge is 0.328 e. The Morgan fingerprint density at radius 2 is 1.85 bits per heavy atom. The standard InChI is InChI=1S/C21H22N4O2/c1-15-5-4-6-16(13-15)14-24-9-11-25(12-10-24)21(27)19-17-7-2-3-8-18(17)20(26)23-22-19/h2-8,13H,9-12,14H2,1H3,(H,23,26)/p+1. The normalized spacial score (nSPS) is 15.2. The number of rotatable bonds is 3. The lowest BCUT2D eigenvalue weighted by Crippen LogP contribution is -3.13. The molecule has 6 heteroatoms. The first-order chi connectivity index (χ1) is 13.1. The Morgan fingerprint density at radius 1 is 1.11 bits per heavy atom. The van der Waals surface area contributed by atoms with Crippen LogP contribution in [0.3, 0.4) is 0 Å². The van der Waals surface area contributed by atoms with Crippen molar-refractivity contribution in [3.8, 4) is 0 Å². The van der Waals surface area contributed by atoms with Crippen molar-refractivity contribution in [2.45, 2.75) is 13.5 Å². The maximum atomic E-state index is 13.0. The van der Waals surface area contributed by atoms with Crippen LogP contribution in [0.2, 0.25) is 0 Å². The van der Waals surface area contributed by atoms with E-state index >= 15 is 0 Å². The van der Waals surface area contributed by atoms with Gasteiger partial charge in [0.05, 0.1) is 31.6 Å². The number of nitrogens with zero attached hydrogens (tertiary/aromatic N) is 2. The topological polar surface area (TPSA) is 70.5 Å². The fourth-order valence-electron chi connectivity index (χ4n) is 3.74. The Labute approximate surface area is 157 Å². The first-order valence-electron chi connectivity index (χ1n) is 9.27. The molecule has 138 valence electrons. The third kappa shape index (κ3) is 3.61. The van der Waals surface area contributed by atoms with Gasteiger partial charge in [-0.15, -0.1) is 0 Å². The van der Waals surface area contributed by atoms with E-state index in [9.17, 15) is 9.59 Å². The van der Waals surface area contributed by atoms with Crippen LogP contribution >= 0.6 is 0 Å². The minimum Gasteiger partial charge on any atom is -0.328 e. The zero-order valence-corrected chi connectivity index (χ0v) is 15.4. The van der Waals surface area contributed by atoms with Crippen LogP contribution < -0.4 is 10.5 Å². The molecule has 1 aliphatic rings. The van der Waals surface area contributed by atoms with Gasteiger partial charge in [0.25, 0.3) is 11.5 Å². The number of aryl methyl sites for hydroxylation is 1. The predicted molar refractivity (Wildman–Crippen MR) is 104 cm³/mol. The molecule has 6 nitrogen and oxygen atoms in total. The Balaban J connectivity index is 1.46. The average Bonchev–Trinajstić information content (AvgIpc) is 2.69. The van der Waals surface area contributed by atoms with Gasteiger partial charge in [-0.05, 0) is 13.0 Å². The van der Waals surface area contributed by atoms with Gasteiger partial charge in [-0.1, -0.05) is 48.0 Å². The fraction of sp³-hybridized carbons (Fsp3) is 0.286. The van der Waals surface area contributed by atoms with Gasteiger partial charge in [-0.3, -0.25) is 9.59 Å². The molecule has 0 unspecified atom stereocenters. The molecule has 2 heterocycles. The highest BCUT2D eigenvalue weighted by atomic mass is 16.2. The van der Waals surface area contributed by atoms with Crippen LogP contribution in [0.1, 0.15) is 21.6 Å². The van der Waals surface area contributed by atoms with E-state index in [0.717, 1.165) is 19.6 Å². The number of carbonyl (C=O) groups excluding carboxylic acids is 1. The first-order valence-corrected chi connectivity index (χ1v) is 9.27. The summed E-state index contributed by atoms with van der Waals surface area (Å²) in [5, 5.41) is 7.61. The van der Waals surface area contributed by atoms with Gasteiger partial charge in [0.15, 0.2) is 5.69 Å². The van der Waals surface area contributed by atoms with Gasteiger partial charge in [0, 0.05) is 10.9 Å². The number of fused-ring (bicyclic) bond motifs is 1. The van der Waals surface area contributed by atoms with E-state index in [2.05, 4.69) is 41.4 Å². The van der Waals surface area contributed by atoms with Crippen LogP contribution in [-0.4, -0.2) is 47.2 Å². The summed E-state index contributed by atoms with van der Waals surface area (Å²) < 4.78 is 0. The molecule has 0 spiro atoms. The van der Waals surface area contributed by atoms with Crippen LogP contribution in [0.25, 0.3) is 10.8 Å². The molecule has 0 aliphatic carbocycles. The highest BCUT2D eigenvalue weighted by Crippen LogP contribution is 2.14. The molecule has 4 rings (SSSR count). The highest BCUT2D eigenvalue weighted by molar-refractivity contribution is 6.04. The molecule has 1 aliphatic heterocycles. The maximum Gasteiger partial charge on any atom is 0.275 e. The molecule has 1 aromatic heterocycles. The Bertz CT molecular complexity index is 1040. The predicted octanol–water partition coefficient (Wildman–Crippen LogP) is 0.772. The SMILES string of the molecule is Cc1cccc(C[NH+]2CCN(C(=O)c3n[nH]c(=O)c4ccccc34)CC2)c1. The molecule has 3 aromatic rings. The summed E-state index contributed by atoms with van der Waals surface area (Å²) in [5.74, 6) is -0.114. The Morgan fingerprint density at radius 3 is 2.59 bits per heavy atom. The molecule has 2 aromatic carbocycles. The molecule has 1 saturated heterocycles. The number of aromatic amines is 1. The van der Waals surface area contributed by atoms with Crippen LogP contribution in [0.4, 0.5) is 0 Å². The number of quaternary nitrogens is 1. The molecule has 1 amide bonds. The summed E-state index contributed by atoms with van der Waals surface area (Å²) in [6.45, 7) is 6.27. The van der Waals surface area contributed by atoms with Crippen molar-refractivity contribution in [3.05, 3.63) is 75.7 Å². The fourth-order valence-corrected chi connectivity index (χ4v) is 3.74. The lowest BCUT2D eigenvalue weighted by Gasteiger charge is -2.32. The zero-order chi connectivity index (χ0) is 18.8. The van der Waals surface area contributed by atoms with E-state index < -0.39 is 0 Å². The van der Waals surface area contributed by atoms with Gasteiger partial charge in [0.2, 0.25) is 0 Å². The summed E-state index contributed by atoms with van der Waals surface area (Å²) >= 11 is 0. The van der Waals surface area contributed by atoms with Gasteiger partial charge in [-0.25, -0.2) is 5.10 Å². The highest BCUT2D eigenvalue weighted by Gasteiger charge is 2.27. The molecule has 27 heavy (non-hydrogen) atoms. The summed E-state index contributed by atoms with van der Waals surface area (Å²) in [6, 6.07) is 15.7. The third-order valence-electron chi connectivity index (χ3n) is 5.19. The number of hydrogen-bond donors (Lipinski definition) is 2. The molecule has 0 atom stereocenters. The van der Waals surface area contributed by atoms with E-state index in [1.807, 2.05) is 11.0 Å². The smallest absolute Gasteiger partial charge is 0.275 e. The number of H-pyrrole nitrogens is 1. The van der Waals surface area contributed by atoms with Crippen molar-refractivity contribution in [1.29, 1.82) is 0 Å². The Kier molecular flexibility index (Phi) is 4.73. The second-order valence-corrected chi connectivity index (χ2v) is 7.15. The van der Waals surface area contributed by atoms with Crippen LogP contribution in [0.15, 0.2) is 53.3 Å². The minimum atomic E-state index is -0.269. The lowest BCUT2D eigenvalue weighted by molar-refractivity contribution is -0.917. The number of piperazine rings is 1. The van der Waals surface area contributed by atoms with Gasteiger partial charge in [-0.2, -0.15) is 5.10 Å². The number of carbonyl (C=O) groups is 1. The zero-order valence-electron chi connectivity index (χ0n) is 15.4. The molecule has 0 bridgehead atoms. The van der Waals surface area contributed by atoms with Crippen LogP contribution in [0, 0.1) is 6.92 Å². The monoisotopic (exact) mass is 363 g/mol. The third-order valence-corrected chi connectivity index (χ3v) is 5.19. The average molecular weight is 363 g/mol. The van der Waals surface area contributed by atoms with E-state index in [0.29, 0.717) is 29.6 Å². The summed E-state index contributed by atoms with van der Waals surface area (Å²) in [7, 11) is 0. The summed E-state index contributed by atoms with van der Waals surface area (Å²) in [5.41, 5.74) is 2.66. The molecule has 0 saturated carbocycles. The first kappa shape index (κ1) is 17.4. The van der Waals surface area contributed by atoms with E-state index in [1.165, 1.54) is 16.0 Å². The number of amides is 1. The van der Waals surface area contributed by atoms with Crippen molar-refractivity contribution in [2.24, 2.45) is 0 Å². The van der Waals surface area contributed by atoms with Crippen molar-refractivity contribution in [2.75, 3.05) is 26.2 Å². The second kappa shape index (κ2) is 7.32. The molecular weight excluding hydrogens is 340 g/mol. The van der Waals surface area contributed by atoms with Crippen LogP contribution in [-0.2, 0) is 6.54 Å². The molecular formula is C21H23N4O2+. The number of hydrogen-bond acceptors (Lipinski definition) is 3. The summed E-state index contributed by atoms with van der Waals surface area (Å²) in [6.07, 6.45) is 0. The van der Waals surface area contributed by atoms with E-state index in [4.69, 9.17) is 0 Å². The number of aromatic nitrogens is 2. The van der Waals surface area contributed by atoms with E-state index in [-0.39, 0.29) is 11.5 Å². The number of benzene rings is 2.